The molecule has 35 heteroatoms. The van der Waals surface area contributed by atoms with Crippen LogP contribution in [-0.2, 0) is 13.5 Å². The number of hydrogen-bond acceptors (Lipinski definition) is 25. The maximum atomic E-state index is 13.0. The minimum atomic E-state index is -0.190. The van der Waals surface area contributed by atoms with Crippen molar-refractivity contribution in [3.8, 4) is 68.6 Å². The molecule has 0 spiro atoms. The van der Waals surface area contributed by atoms with Gasteiger partial charge in [0.15, 0.2) is 0 Å². The molecule has 0 saturated carbocycles. The van der Waals surface area contributed by atoms with E-state index < -0.39 is 0 Å². The maximum Gasteiger partial charge on any atom is 0.258 e. The second-order valence-corrected chi connectivity index (χ2v) is 37.5. The van der Waals surface area contributed by atoms with Gasteiger partial charge >= 0.3 is 0 Å². The summed E-state index contributed by atoms with van der Waals surface area (Å²) in [7, 11) is 1.91. The fourth-order valence-corrected chi connectivity index (χ4v) is 18.9. The fraction of sp³-hybridized carbons (Fsp3) is 0.274. The van der Waals surface area contributed by atoms with E-state index in [4.69, 9.17) is 21.4 Å². The molecule has 0 bridgehead atoms. The molecule has 22 heterocycles. The van der Waals surface area contributed by atoms with Crippen molar-refractivity contribution in [3.63, 3.8) is 0 Å². The lowest BCUT2D eigenvalue weighted by atomic mass is 9.81. The van der Waals surface area contributed by atoms with Crippen LogP contribution in [0.25, 0.3) is 129 Å². The topological polar surface area (TPSA) is 402 Å². The van der Waals surface area contributed by atoms with Crippen LogP contribution in [0.1, 0.15) is 127 Å². The Balaban J connectivity index is 0.000000112. The largest absolute Gasteiger partial charge is 0.368 e. The summed E-state index contributed by atoms with van der Waals surface area (Å²) in [6.45, 7) is 34.0. The molecular weight excluding hydrogens is 1770 g/mol. The summed E-state index contributed by atoms with van der Waals surface area (Å²) in [5.74, 6) is 5.69. The van der Waals surface area contributed by atoms with Gasteiger partial charge in [0, 0.05) is 134 Å². The Kier molecular flexibility index (Phi) is 25.4. The van der Waals surface area contributed by atoms with Crippen LogP contribution in [0, 0.1) is 74.2 Å². The van der Waals surface area contributed by atoms with E-state index in [9.17, 15) is 24.0 Å². The van der Waals surface area contributed by atoms with E-state index >= 15 is 0 Å². The molecule has 1 fully saturated rings. The van der Waals surface area contributed by atoms with Crippen LogP contribution in [-0.4, -0.2) is 178 Å². The lowest BCUT2D eigenvalue weighted by Gasteiger charge is -2.41. The predicted molar refractivity (Wildman–Crippen MR) is 550 cm³/mol. The number of piperazine rings is 1. The molecule has 1 atom stereocenters. The average molecular weight is 1880 g/mol. The molecule has 0 unspecified atom stereocenters. The Morgan fingerprint density at radius 2 is 0.879 bits per heavy atom. The van der Waals surface area contributed by atoms with E-state index in [0.717, 1.165) is 170 Å². The van der Waals surface area contributed by atoms with Gasteiger partial charge in [-0.25, -0.2) is 43.0 Å². The SMILES string of the molecule is Cc1cc(-c2cc(=O)n3cc(N4CCN[C@H](C)C4)ccc3n2)cc2cn(C)nc12.Cc1cn2nc(-c3cc(=O)n4cc(C#CCN)ccc4n3)cc2c(C)n1.Cc1cn2nc(-c3cc(=O)n4cc(C5=CC(C)(C)NC(C)(C)C5)ccc4n3)cc2c(C)n1.Cc1cn2nc(-c3cc(=O)n4cc(C5=CCNCC5)ccc4n3)cc2c(C)n1.Cc1cn2nc(-c3cc(=O)n4cc(CCCN)ccc4n3)cc2c(C)n1. The van der Waals surface area contributed by atoms with Gasteiger partial charge in [-0.1, -0.05) is 30.1 Å². The highest BCUT2D eigenvalue weighted by Gasteiger charge is 2.33. The van der Waals surface area contributed by atoms with Gasteiger partial charge in [0.2, 0.25) is 0 Å². The predicted octanol–water partition coefficient (Wildman–Crippen LogP) is 12.0. The highest BCUT2D eigenvalue weighted by atomic mass is 16.1. The highest BCUT2D eigenvalue weighted by molar-refractivity contribution is 5.87. The molecule has 1 saturated heterocycles. The number of rotatable bonds is 11. The van der Waals surface area contributed by atoms with Crippen molar-refractivity contribution < 1.29 is 0 Å². The number of nitrogens with one attached hydrogen (secondary N) is 3. The van der Waals surface area contributed by atoms with Crippen molar-refractivity contribution in [2.45, 2.75) is 140 Å². The number of pyridine rings is 5. The minimum Gasteiger partial charge on any atom is -0.368 e. The lowest BCUT2D eigenvalue weighted by Crippen LogP contribution is -2.53. The number of nitrogens with two attached hydrogens (primary N) is 2. The molecule has 3 aliphatic heterocycles. The van der Waals surface area contributed by atoms with Gasteiger partial charge in [0.25, 0.3) is 27.8 Å². The van der Waals surface area contributed by atoms with Crippen molar-refractivity contribution in [2.24, 2.45) is 18.5 Å². The van der Waals surface area contributed by atoms with Gasteiger partial charge in [-0.15, -0.1) is 0 Å². The van der Waals surface area contributed by atoms with E-state index in [2.05, 4.69) is 152 Å². The summed E-state index contributed by atoms with van der Waals surface area (Å²) < 4.78 is 16.9. The first-order chi connectivity index (χ1) is 67.6. The quantitative estimate of drug-likeness (QED) is 0.0751. The Labute approximate surface area is 808 Å². The maximum absolute atomic E-state index is 13.0. The zero-order valence-electron chi connectivity index (χ0n) is 81.3. The average Bonchev–Trinajstić information content (AvgIpc) is 1.75. The number of aryl methyl sites for hydroxylation is 11. The Morgan fingerprint density at radius 3 is 1.34 bits per heavy atom. The second-order valence-electron chi connectivity index (χ2n) is 37.5. The Morgan fingerprint density at radius 1 is 0.440 bits per heavy atom. The van der Waals surface area contributed by atoms with E-state index in [-0.39, 0.29) is 45.4 Å². The van der Waals surface area contributed by atoms with Crippen molar-refractivity contribution in [1.29, 1.82) is 0 Å². The number of nitrogens with zero attached hydrogens (tertiary/aromatic N) is 25. The summed E-state index contributed by atoms with van der Waals surface area (Å²) in [4.78, 5) is 107. The first kappa shape index (κ1) is 93.6. The standard InChI is InChI=1S/C25H28N6O.C22H24N6O.C21H20N6O.C19H20N6O.C19H16N6O/c1-15-13-31-21(16(2)26-15)9-20(28-31)19-10-23(32)30-14-17(7-8-22(30)27-19)18-11-24(3,4)29-25(5,6)12-18;1-14-8-16(9-17-12-26(3)25-22(14)17)19-10-21(29)28-13-18(4-5-20(28)24-19)27-7-6-23-15(2)11-27;1-13-11-27-19(14(2)23-13)9-18(25-27)17-10-21(28)26-12-16(3-4-20(26)24-17)15-5-7-22-8-6-15;2*1-12-10-25-17(13(2)21-12)8-16(23-25)15-9-19(26)24-11-14(4-3-7-20)5-6-18(24)22-15/h7-11,13-14,29H,12H2,1-6H3;4-5,8-10,12-13,15,23H,6-7,11H2,1-3H3;3-5,9-12,22H,6-8H2,1-2H3;5-6,8-11H,3-4,7,20H2,1-2H3;5-6,8-11H,7,20H2,1-2H3/t;15-;;;/m.1.../s1. The first-order valence-corrected chi connectivity index (χ1v) is 46.9. The fourth-order valence-electron chi connectivity index (χ4n) is 18.9. The molecule has 20 aromatic rings. The van der Waals surface area contributed by atoms with E-state index in [1.165, 1.54) is 27.7 Å². The summed E-state index contributed by atoms with van der Waals surface area (Å²) in [6.07, 6.45) is 26.6. The van der Waals surface area contributed by atoms with Crippen molar-refractivity contribution >= 4 is 78.0 Å². The van der Waals surface area contributed by atoms with E-state index in [1.54, 1.807) is 66.1 Å². The number of aromatic nitrogens is 24. The van der Waals surface area contributed by atoms with Crippen LogP contribution in [0.15, 0.2) is 225 Å². The summed E-state index contributed by atoms with van der Waals surface area (Å²) in [5.41, 5.74) is 39.9. The van der Waals surface area contributed by atoms with Crippen LogP contribution in [0.4, 0.5) is 5.69 Å². The zero-order chi connectivity index (χ0) is 98.7. The van der Waals surface area contributed by atoms with Gasteiger partial charge in [-0.2, -0.15) is 25.5 Å². The van der Waals surface area contributed by atoms with Crippen molar-refractivity contribution in [3.05, 3.63) is 327 Å². The smallest absolute Gasteiger partial charge is 0.258 e. The van der Waals surface area contributed by atoms with Crippen LogP contribution in [0.5, 0.6) is 0 Å². The molecule has 712 valence electrons. The molecule has 3 aliphatic rings. The summed E-state index contributed by atoms with van der Waals surface area (Å²) >= 11 is 0. The summed E-state index contributed by atoms with van der Waals surface area (Å²) in [6, 6.07) is 39.2. The second kappa shape index (κ2) is 38.2. The first-order valence-electron chi connectivity index (χ1n) is 46.9. The van der Waals surface area contributed by atoms with Gasteiger partial charge in [-0.05, 0) is 260 Å². The van der Waals surface area contributed by atoms with Crippen LogP contribution in [0.3, 0.4) is 0 Å². The number of fused-ring (bicyclic) bond motifs is 10. The van der Waals surface area contributed by atoms with E-state index in [0.29, 0.717) is 97.6 Å². The third-order valence-electron chi connectivity index (χ3n) is 25.0. The molecule has 0 aliphatic carbocycles. The van der Waals surface area contributed by atoms with Crippen LogP contribution < -0.4 is 60.1 Å². The zero-order valence-corrected chi connectivity index (χ0v) is 81.3. The third kappa shape index (κ3) is 20.0. The molecule has 7 N–H and O–H groups in total. The van der Waals surface area contributed by atoms with Crippen molar-refractivity contribution in [2.75, 3.05) is 50.7 Å². The normalized spacial score (nSPS) is 14.6. The number of benzene rings is 1. The molecular formula is C106H108N30O5. The van der Waals surface area contributed by atoms with Crippen LogP contribution >= 0.6 is 0 Å². The molecule has 23 rings (SSSR count). The Hall–Kier alpha value is -16.4. The third-order valence-corrected chi connectivity index (χ3v) is 25.0. The lowest BCUT2D eigenvalue weighted by molar-refractivity contribution is 0.297. The molecule has 35 nitrogen and oxygen atoms in total. The van der Waals surface area contributed by atoms with Crippen molar-refractivity contribution in [1.82, 2.24) is 131 Å². The monoisotopic (exact) mass is 1880 g/mol. The minimum absolute atomic E-state index is 0.0237. The number of anilines is 1. The van der Waals surface area contributed by atoms with Gasteiger partial charge in [0.05, 0.1) is 139 Å². The van der Waals surface area contributed by atoms with Gasteiger partial charge in [0.1, 0.15) is 51.0 Å². The highest BCUT2D eigenvalue weighted by Crippen LogP contribution is 2.35. The molecule has 1 aromatic carbocycles. The molecule has 0 amide bonds. The number of hydrogen-bond donors (Lipinski definition) is 5. The van der Waals surface area contributed by atoms with Gasteiger partial charge in [-0.3, -0.25) is 70.6 Å². The summed E-state index contributed by atoms with van der Waals surface area (Å²) in [5, 5.41) is 34.3. The van der Waals surface area contributed by atoms with Gasteiger partial charge < -0.3 is 32.3 Å². The molecule has 19 aromatic heterocycles. The van der Waals surface area contributed by atoms with E-state index in [1.807, 2.05) is 209 Å². The van der Waals surface area contributed by atoms with Crippen LogP contribution in [0.2, 0.25) is 0 Å². The molecule has 141 heavy (non-hydrogen) atoms. The molecule has 0 radical (unpaired) electrons. The Bertz CT molecular complexity index is 8890.